The Morgan fingerprint density at radius 3 is 2.75 bits per heavy atom. The van der Waals surface area contributed by atoms with E-state index in [9.17, 15) is 10.1 Å². The van der Waals surface area contributed by atoms with Crippen LogP contribution in [-0.4, -0.2) is 26.8 Å². The van der Waals surface area contributed by atoms with Gasteiger partial charge in [0, 0.05) is 17.3 Å². The molecule has 0 amide bonds. The number of nitrogens with zero attached hydrogens (tertiary/aromatic N) is 4. The fraction of sp³-hybridized carbons (Fsp3) is 0.333. The van der Waals surface area contributed by atoms with Crippen LogP contribution in [0, 0.1) is 24.0 Å². The van der Waals surface area contributed by atoms with Gasteiger partial charge in [-0.15, -0.1) is 0 Å². The number of nitro groups is 1. The summed E-state index contributed by atoms with van der Waals surface area (Å²) in [6.45, 7) is 4.16. The molecule has 0 spiro atoms. The van der Waals surface area contributed by atoms with E-state index in [0.717, 1.165) is 22.6 Å². The molecule has 106 valence electrons. The number of aryl methyl sites for hydroxylation is 1. The first-order chi connectivity index (χ1) is 9.43. The van der Waals surface area contributed by atoms with Gasteiger partial charge in [-0.3, -0.25) is 4.98 Å². The highest BCUT2D eigenvalue weighted by Crippen LogP contribution is 2.26. The summed E-state index contributed by atoms with van der Waals surface area (Å²) in [5, 5.41) is 14.7. The predicted molar refractivity (Wildman–Crippen MR) is 75.9 cm³/mol. The number of aromatic nitrogens is 3. The fourth-order valence-corrected chi connectivity index (χ4v) is 2.44. The highest BCUT2D eigenvalue weighted by atomic mass is 79.9. The summed E-state index contributed by atoms with van der Waals surface area (Å²) in [6.07, 6.45) is 3.28. The van der Waals surface area contributed by atoms with Gasteiger partial charge in [0.2, 0.25) is 0 Å². The Labute approximate surface area is 123 Å². The van der Waals surface area contributed by atoms with Crippen molar-refractivity contribution in [1.82, 2.24) is 14.8 Å². The molecule has 0 N–H and O–H groups in total. The molecular formula is C12H13BrN4O3. The number of hydrogen-bond acceptors (Lipinski definition) is 5. The van der Waals surface area contributed by atoms with Crippen molar-refractivity contribution in [2.24, 2.45) is 0 Å². The summed E-state index contributed by atoms with van der Waals surface area (Å²) in [5.74, 6) is 0.567. The van der Waals surface area contributed by atoms with Crippen molar-refractivity contribution in [3.8, 4) is 5.75 Å². The smallest absolute Gasteiger partial charge is 0.404 e. The molecule has 0 aliphatic heterocycles. The minimum absolute atomic E-state index is 0.207. The van der Waals surface area contributed by atoms with E-state index in [1.165, 1.54) is 4.68 Å². The molecule has 0 aliphatic carbocycles. The third kappa shape index (κ3) is 2.64. The second-order valence-corrected chi connectivity index (χ2v) is 5.16. The largest absolute Gasteiger partial charge is 0.496 e. The second kappa shape index (κ2) is 5.58. The molecule has 2 aromatic rings. The van der Waals surface area contributed by atoms with Gasteiger partial charge in [-0.2, -0.15) is 4.68 Å². The highest BCUT2D eigenvalue weighted by Gasteiger charge is 2.20. The van der Waals surface area contributed by atoms with Crippen molar-refractivity contribution in [3.63, 3.8) is 0 Å². The lowest BCUT2D eigenvalue weighted by molar-refractivity contribution is -0.390. The van der Waals surface area contributed by atoms with E-state index < -0.39 is 4.92 Å². The average Bonchev–Trinajstić information content (AvgIpc) is 2.75. The van der Waals surface area contributed by atoms with Crippen LogP contribution in [0.3, 0.4) is 0 Å². The Hall–Kier alpha value is -1.96. The Morgan fingerprint density at radius 1 is 1.50 bits per heavy atom. The van der Waals surface area contributed by atoms with E-state index in [1.54, 1.807) is 19.5 Å². The normalized spacial score (nSPS) is 10.6. The van der Waals surface area contributed by atoms with Crippen LogP contribution in [0.4, 0.5) is 5.82 Å². The van der Waals surface area contributed by atoms with E-state index in [2.05, 4.69) is 26.0 Å². The molecule has 2 heterocycles. The van der Waals surface area contributed by atoms with Gasteiger partial charge in [0.25, 0.3) is 0 Å². The SMILES string of the molecule is COc1c(C)cnc(Cn2cc(Br)c([N+](=O)[O-])n2)c1C. The monoisotopic (exact) mass is 340 g/mol. The van der Waals surface area contributed by atoms with Crippen molar-refractivity contribution >= 4 is 21.7 Å². The highest BCUT2D eigenvalue weighted by molar-refractivity contribution is 9.10. The molecule has 0 aromatic carbocycles. The first-order valence-electron chi connectivity index (χ1n) is 5.80. The summed E-state index contributed by atoms with van der Waals surface area (Å²) < 4.78 is 7.16. The number of hydrogen-bond donors (Lipinski definition) is 0. The van der Waals surface area contributed by atoms with E-state index >= 15 is 0 Å². The summed E-state index contributed by atoms with van der Waals surface area (Å²) in [4.78, 5) is 14.6. The van der Waals surface area contributed by atoms with Crippen LogP contribution in [0.1, 0.15) is 16.8 Å². The van der Waals surface area contributed by atoms with Crippen LogP contribution in [0.5, 0.6) is 5.75 Å². The number of halogens is 1. The van der Waals surface area contributed by atoms with Crippen LogP contribution in [0.15, 0.2) is 16.9 Å². The van der Waals surface area contributed by atoms with Gasteiger partial charge in [-0.05, 0) is 34.7 Å². The molecule has 0 fully saturated rings. The van der Waals surface area contributed by atoms with Crippen LogP contribution in [0.25, 0.3) is 0 Å². The standard InChI is InChI=1S/C12H13BrN4O3/c1-7-4-14-10(8(2)11(7)20-3)6-16-5-9(13)12(15-16)17(18)19/h4-5H,6H2,1-3H3. The molecule has 0 bridgehead atoms. The molecule has 20 heavy (non-hydrogen) atoms. The summed E-state index contributed by atoms with van der Waals surface area (Å²) in [5.41, 5.74) is 2.61. The fourth-order valence-electron chi connectivity index (χ4n) is 1.98. The predicted octanol–water partition coefficient (Wildman–Crippen LogP) is 2.62. The maximum Gasteiger partial charge on any atom is 0.404 e. The quantitative estimate of drug-likeness (QED) is 0.631. The van der Waals surface area contributed by atoms with Gasteiger partial charge in [0.05, 0.1) is 24.1 Å². The molecule has 0 saturated carbocycles. The summed E-state index contributed by atoms with van der Waals surface area (Å²) in [7, 11) is 1.61. The lowest BCUT2D eigenvalue weighted by Crippen LogP contribution is -2.07. The second-order valence-electron chi connectivity index (χ2n) is 4.30. The zero-order chi connectivity index (χ0) is 14.9. The molecule has 0 aliphatic rings. The van der Waals surface area contributed by atoms with Gasteiger partial charge in [0.15, 0.2) is 0 Å². The topological polar surface area (TPSA) is 83.1 Å². The third-order valence-corrected chi connectivity index (χ3v) is 3.49. The number of pyridine rings is 1. The van der Waals surface area contributed by atoms with E-state index in [4.69, 9.17) is 4.74 Å². The van der Waals surface area contributed by atoms with E-state index in [0.29, 0.717) is 11.0 Å². The van der Waals surface area contributed by atoms with E-state index in [-0.39, 0.29) is 5.82 Å². The first kappa shape index (κ1) is 14.4. The first-order valence-corrected chi connectivity index (χ1v) is 6.59. The van der Waals surface area contributed by atoms with Gasteiger partial charge in [-0.1, -0.05) is 0 Å². The molecule has 0 radical (unpaired) electrons. The van der Waals surface area contributed by atoms with Crippen molar-refractivity contribution in [2.75, 3.05) is 7.11 Å². The van der Waals surface area contributed by atoms with Crippen LogP contribution in [-0.2, 0) is 6.54 Å². The van der Waals surface area contributed by atoms with Gasteiger partial charge >= 0.3 is 5.82 Å². The van der Waals surface area contributed by atoms with E-state index in [1.807, 2.05) is 13.8 Å². The minimum Gasteiger partial charge on any atom is -0.496 e. The minimum atomic E-state index is -0.531. The lowest BCUT2D eigenvalue weighted by Gasteiger charge is -2.11. The molecule has 0 atom stereocenters. The Morgan fingerprint density at radius 2 is 2.20 bits per heavy atom. The van der Waals surface area contributed by atoms with Gasteiger partial charge < -0.3 is 14.9 Å². The molecule has 8 heteroatoms. The Kier molecular flexibility index (Phi) is 4.03. The van der Waals surface area contributed by atoms with Crippen LogP contribution >= 0.6 is 15.9 Å². The van der Waals surface area contributed by atoms with Crippen LogP contribution in [0.2, 0.25) is 0 Å². The maximum absolute atomic E-state index is 10.8. The van der Waals surface area contributed by atoms with Crippen LogP contribution < -0.4 is 4.74 Å². The summed E-state index contributed by atoms with van der Waals surface area (Å²) in [6, 6.07) is 0. The Balaban J connectivity index is 2.35. The molecule has 2 aromatic heterocycles. The van der Waals surface area contributed by atoms with Crippen molar-refractivity contribution < 1.29 is 9.66 Å². The zero-order valence-electron chi connectivity index (χ0n) is 11.3. The summed E-state index contributed by atoms with van der Waals surface area (Å²) >= 11 is 3.12. The zero-order valence-corrected chi connectivity index (χ0v) is 12.8. The van der Waals surface area contributed by atoms with Crippen molar-refractivity contribution in [2.45, 2.75) is 20.4 Å². The number of methoxy groups -OCH3 is 1. The third-order valence-electron chi connectivity index (χ3n) is 2.93. The van der Waals surface area contributed by atoms with Crippen molar-refractivity contribution in [3.05, 3.63) is 43.8 Å². The van der Waals surface area contributed by atoms with Gasteiger partial charge in [0.1, 0.15) is 16.8 Å². The molecule has 2 rings (SSSR count). The molecule has 0 unspecified atom stereocenters. The number of ether oxygens (including phenoxy) is 1. The van der Waals surface area contributed by atoms with Gasteiger partial charge in [-0.25, -0.2) is 0 Å². The molecular weight excluding hydrogens is 328 g/mol. The average molecular weight is 341 g/mol. The Bertz CT molecular complexity index is 669. The lowest BCUT2D eigenvalue weighted by atomic mass is 10.1. The van der Waals surface area contributed by atoms with Crippen molar-refractivity contribution in [1.29, 1.82) is 0 Å². The number of rotatable bonds is 4. The molecule has 7 nitrogen and oxygen atoms in total. The molecule has 0 saturated heterocycles. The maximum atomic E-state index is 10.8.